The zero-order chi connectivity index (χ0) is 19.1. The van der Waals surface area contributed by atoms with Crippen LogP contribution in [0.3, 0.4) is 0 Å². The zero-order valence-corrected chi connectivity index (χ0v) is 16.2. The van der Waals surface area contributed by atoms with E-state index in [1.807, 2.05) is 30.3 Å². The molecule has 0 aliphatic heterocycles. The number of H-pyrrole nitrogens is 1. The molecule has 6 heteroatoms. The van der Waals surface area contributed by atoms with Gasteiger partial charge in [0.1, 0.15) is 11.6 Å². The summed E-state index contributed by atoms with van der Waals surface area (Å²) in [5, 5.41) is 6.65. The van der Waals surface area contributed by atoms with Gasteiger partial charge in [0, 0.05) is 25.1 Å². The Kier molecular flexibility index (Phi) is 6.30. The molecule has 3 aromatic rings. The maximum atomic E-state index is 5.46. The lowest BCUT2D eigenvalue weighted by Crippen LogP contribution is -2.38. The fourth-order valence-electron chi connectivity index (χ4n) is 2.91. The number of guanidine groups is 1. The van der Waals surface area contributed by atoms with Crippen molar-refractivity contribution in [2.45, 2.75) is 26.8 Å². The van der Waals surface area contributed by atoms with Crippen LogP contribution in [0.15, 0.2) is 47.5 Å². The van der Waals surface area contributed by atoms with Gasteiger partial charge in [-0.3, -0.25) is 0 Å². The lowest BCUT2D eigenvalue weighted by atomic mass is 10.1. The number of aryl methyl sites for hydroxylation is 1. The highest BCUT2D eigenvalue weighted by atomic mass is 16.5. The number of aromatic amines is 1. The second kappa shape index (κ2) is 9.07. The number of methoxy groups -OCH3 is 1. The smallest absolute Gasteiger partial charge is 0.191 e. The van der Waals surface area contributed by atoms with Crippen molar-refractivity contribution in [1.82, 2.24) is 20.6 Å². The summed E-state index contributed by atoms with van der Waals surface area (Å²) in [6.45, 7) is 6.23. The number of hydrogen-bond acceptors (Lipinski definition) is 3. The normalized spacial score (nSPS) is 11.6. The Bertz CT molecular complexity index is 883. The number of para-hydroxylation sites is 2. The summed E-state index contributed by atoms with van der Waals surface area (Å²) >= 11 is 0. The Morgan fingerprint density at radius 1 is 1.19 bits per heavy atom. The number of imidazole rings is 1. The van der Waals surface area contributed by atoms with Crippen LogP contribution in [-0.4, -0.2) is 36.1 Å². The van der Waals surface area contributed by atoms with Gasteiger partial charge >= 0.3 is 0 Å². The van der Waals surface area contributed by atoms with E-state index < -0.39 is 0 Å². The summed E-state index contributed by atoms with van der Waals surface area (Å²) in [6.07, 6.45) is 0.799. The van der Waals surface area contributed by atoms with Crippen molar-refractivity contribution < 1.29 is 4.74 Å². The summed E-state index contributed by atoms with van der Waals surface area (Å²) in [5.41, 5.74) is 4.31. The Morgan fingerprint density at radius 2 is 2.04 bits per heavy atom. The van der Waals surface area contributed by atoms with Gasteiger partial charge in [-0.25, -0.2) is 9.98 Å². The van der Waals surface area contributed by atoms with Crippen LogP contribution in [0.25, 0.3) is 11.0 Å². The quantitative estimate of drug-likeness (QED) is 0.444. The Balaban J connectivity index is 1.60. The monoisotopic (exact) mass is 365 g/mol. The minimum absolute atomic E-state index is 0.559. The Hall–Kier alpha value is -3.02. The third kappa shape index (κ3) is 5.00. The van der Waals surface area contributed by atoms with Crippen molar-refractivity contribution in [2.24, 2.45) is 4.99 Å². The van der Waals surface area contributed by atoms with Crippen molar-refractivity contribution in [2.75, 3.05) is 20.2 Å². The van der Waals surface area contributed by atoms with Gasteiger partial charge in [0.05, 0.1) is 24.7 Å². The van der Waals surface area contributed by atoms with Gasteiger partial charge in [-0.2, -0.15) is 0 Å². The second-order valence-corrected chi connectivity index (χ2v) is 6.39. The first-order valence-corrected chi connectivity index (χ1v) is 9.29. The molecule has 0 atom stereocenters. The first-order valence-electron chi connectivity index (χ1n) is 9.29. The van der Waals surface area contributed by atoms with Crippen molar-refractivity contribution >= 4 is 17.0 Å². The van der Waals surface area contributed by atoms with Gasteiger partial charge in [0.25, 0.3) is 0 Å². The number of benzene rings is 2. The number of aliphatic imine (C=N–C) groups is 1. The molecule has 0 bridgehead atoms. The summed E-state index contributed by atoms with van der Waals surface area (Å²) < 4.78 is 5.46. The SMILES string of the molecule is CCNC(=NCc1ccc(C)cc1OC)NCCc1nc2ccccc2[nH]1. The molecule has 1 aromatic heterocycles. The molecule has 0 spiro atoms. The Labute approximate surface area is 160 Å². The van der Waals surface area contributed by atoms with Crippen molar-refractivity contribution in [3.8, 4) is 5.75 Å². The van der Waals surface area contributed by atoms with Crippen LogP contribution in [0.5, 0.6) is 5.75 Å². The van der Waals surface area contributed by atoms with Crippen molar-refractivity contribution in [1.29, 1.82) is 0 Å². The third-order valence-electron chi connectivity index (χ3n) is 4.29. The number of aromatic nitrogens is 2. The molecule has 6 nitrogen and oxygen atoms in total. The molecule has 1 heterocycles. The first kappa shape index (κ1) is 18.8. The van der Waals surface area contributed by atoms with Gasteiger partial charge in [-0.05, 0) is 37.6 Å². The molecule has 0 amide bonds. The van der Waals surface area contributed by atoms with E-state index in [-0.39, 0.29) is 0 Å². The predicted octanol–water partition coefficient (Wildman–Crippen LogP) is 3.18. The highest BCUT2D eigenvalue weighted by molar-refractivity contribution is 5.79. The van der Waals surface area contributed by atoms with E-state index in [4.69, 9.17) is 4.74 Å². The second-order valence-electron chi connectivity index (χ2n) is 6.39. The van der Waals surface area contributed by atoms with Gasteiger partial charge in [-0.1, -0.05) is 24.3 Å². The molecule has 0 saturated heterocycles. The van der Waals surface area contributed by atoms with Crippen LogP contribution >= 0.6 is 0 Å². The standard InChI is InChI=1S/C21H27N5O/c1-4-22-21(24-14-16-10-9-15(2)13-19(16)27-3)23-12-11-20-25-17-7-5-6-8-18(17)26-20/h5-10,13H,4,11-12,14H2,1-3H3,(H,25,26)(H2,22,23,24). The number of nitrogens with one attached hydrogen (secondary N) is 3. The van der Waals surface area contributed by atoms with E-state index in [1.165, 1.54) is 5.56 Å². The van der Waals surface area contributed by atoms with Gasteiger partial charge in [0.2, 0.25) is 0 Å². The fourth-order valence-corrected chi connectivity index (χ4v) is 2.91. The minimum atomic E-state index is 0.559. The number of hydrogen-bond donors (Lipinski definition) is 3. The van der Waals surface area contributed by atoms with E-state index in [0.29, 0.717) is 6.54 Å². The molecule has 0 saturated carbocycles. The number of rotatable bonds is 7. The molecular formula is C21H27N5O. The van der Waals surface area contributed by atoms with Crippen LogP contribution < -0.4 is 15.4 Å². The van der Waals surface area contributed by atoms with Crippen LogP contribution in [0, 0.1) is 6.92 Å². The average molecular weight is 365 g/mol. The van der Waals surface area contributed by atoms with Crippen molar-refractivity contribution in [3.63, 3.8) is 0 Å². The van der Waals surface area contributed by atoms with Gasteiger partial charge in [-0.15, -0.1) is 0 Å². The fraction of sp³-hybridized carbons (Fsp3) is 0.333. The average Bonchev–Trinajstić information content (AvgIpc) is 3.09. The zero-order valence-electron chi connectivity index (χ0n) is 16.2. The molecule has 0 radical (unpaired) electrons. The molecule has 0 unspecified atom stereocenters. The molecule has 142 valence electrons. The van der Waals surface area contributed by atoms with Crippen LogP contribution in [0.2, 0.25) is 0 Å². The summed E-state index contributed by atoms with van der Waals surface area (Å²) in [6, 6.07) is 14.2. The van der Waals surface area contributed by atoms with Gasteiger partial charge in [0.15, 0.2) is 5.96 Å². The topological polar surface area (TPSA) is 74.3 Å². The maximum Gasteiger partial charge on any atom is 0.191 e. The van der Waals surface area contributed by atoms with Crippen LogP contribution in [-0.2, 0) is 13.0 Å². The third-order valence-corrected chi connectivity index (χ3v) is 4.29. The summed E-state index contributed by atoms with van der Waals surface area (Å²) in [4.78, 5) is 12.6. The maximum absolute atomic E-state index is 5.46. The summed E-state index contributed by atoms with van der Waals surface area (Å²) in [7, 11) is 1.69. The van der Waals surface area contributed by atoms with Crippen LogP contribution in [0.1, 0.15) is 23.9 Å². The first-order chi connectivity index (χ1) is 13.2. The molecule has 0 fully saturated rings. The molecule has 3 N–H and O–H groups in total. The number of ether oxygens (including phenoxy) is 1. The lowest BCUT2D eigenvalue weighted by Gasteiger charge is -2.12. The highest BCUT2D eigenvalue weighted by Crippen LogP contribution is 2.20. The molecule has 3 rings (SSSR count). The largest absolute Gasteiger partial charge is 0.496 e. The molecule has 27 heavy (non-hydrogen) atoms. The van der Waals surface area contributed by atoms with E-state index in [1.54, 1.807) is 7.11 Å². The number of fused-ring (bicyclic) bond motifs is 1. The van der Waals surface area contributed by atoms with Crippen LogP contribution in [0.4, 0.5) is 0 Å². The van der Waals surface area contributed by atoms with Gasteiger partial charge < -0.3 is 20.4 Å². The predicted molar refractivity (Wildman–Crippen MR) is 110 cm³/mol. The molecular weight excluding hydrogens is 338 g/mol. The van der Waals surface area contributed by atoms with E-state index in [0.717, 1.165) is 53.6 Å². The minimum Gasteiger partial charge on any atom is -0.496 e. The Morgan fingerprint density at radius 3 is 2.81 bits per heavy atom. The lowest BCUT2D eigenvalue weighted by molar-refractivity contribution is 0.409. The van der Waals surface area contributed by atoms with E-state index in [9.17, 15) is 0 Å². The molecule has 0 aliphatic carbocycles. The van der Waals surface area contributed by atoms with Crippen molar-refractivity contribution in [3.05, 3.63) is 59.4 Å². The summed E-state index contributed by atoms with van der Waals surface area (Å²) in [5.74, 6) is 2.63. The highest BCUT2D eigenvalue weighted by Gasteiger charge is 2.05. The molecule has 2 aromatic carbocycles. The number of nitrogens with zero attached hydrogens (tertiary/aromatic N) is 2. The molecule has 0 aliphatic rings. The van der Waals surface area contributed by atoms with E-state index in [2.05, 4.69) is 51.6 Å². The van der Waals surface area contributed by atoms with E-state index >= 15 is 0 Å².